The molecule has 1 saturated heterocycles. The van der Waals surface area contributed by atoms with E-state index >= 15 is 0 Å². The first kappa shape index (κ1) is 15.9. The zero-order valence-corrected chi connectivity index (χ0v) is 12.2. The van der Waals surface area contributed by atoms with E-state index in [1.54, 1.807) is 4.90 Å². The zero-order valence-electron chi connectivity index (χ0n) is 12.2. The van der Waals surface area contributed by atoms with Gasteiger partial charge in [-0.05, 0) is 37.5 Å². The van der Waals surface area contributed by atoms with E-state index in [-0.39, 0.29) is 41.2 Å². The lowest BCUT2D eigenvalue weighted by atomic mass is 9.95. The van der Waals surface area contributed by atoms with Crippen molar-refractivity contribution in [2.24, 2.45) is 5.73 Å². The summed E-state index contributed by atoms with van der Waals surface area (Å²) in [5, 5.41) is 15.4. The Balaban J connectivity index is 2.24. The second-order valence-electron chi connectivity index (χ2n) is 5.47. The lowest BCUT2D eigenvalue weighted by Gasteiger charge is -2.36. The number of amidine groups is 1. The molecule has 1 aliphatic heterocycles. The first-order valence-electron chi connectivity index (χ1n) is 7.16. The minimum atomic E-state index is -0.492. The zero-order chi connectivity index (χ0) is 16.3. The minimum absolute atomic E-state index is 0.0490. The van der Waals surface area contributed by atoms with Crippen LogP contribution >= 0.6 is 0 Å². The lowest BCUT2D eigenvalue weighted by molar-refractivity contribution is 0.0679. The van der Waals surface area contributed by atoms with Crippen LogP contribution in [0.3, 0.4) is 0 Å². The third-order valence-electron chi connectivity index (χ3n) is 3.79. The molecule has 0 radical (unpaired) electrons. The maximum absolute atomic E-state index is 13.1. The molecule has 1 amide bonds. The van der Waals surface area contributed by atoms with Crippen LogP contribution in [0.2, 0.25) is 0 Å². The second-order valence-corrected chi connectivity index (χ2v) is 5.47. The number of halogens is 1. The van der Waals surface area contributed by atoms with Crippen molar-refractivity contribution in [3.63, 3.8) is 0 Å². The number of hydrogen-bond donors (Lipinski definition) is 4. The molecule has 0 aromatic heterocycles. The average Bonchev–Trinajstić information content (AvgIpc) is 2.46. The summed E-state index contributed by atoms with van der Waals surface area (Å²) in [5.41, 5.74) is 11.7. The molecule has 6 N–H and O–H groups in total. The van der Waals surface area contributed by atoms with Gasteiger partial charge in [-0.2, -0.15) is 0 Å². The number of nitrogens with two attached hydrogens (primary N) is 2. The van der Waals surface area contributed by atoms with Crippen molar-refractivity contribution >= 4 is 23.1 Å². The number of nitrogen functional groups attached to an aromatic ring is 1. The van der Waals surface area contributed by atoms with Gasteiger partial charge in [0.1, 0.15) is 5.82 Å². The molecule has 1 heterocycles. The van der Waals surface area contributed by atoms with Gasteiger partial charge in [0.15, 0.2) is 0 Å². The number of likely N-dealkylation sites (tertiary alicyclic amines) is 1. The van der Waals surface area contributed by atoms with Crippen LogP contribution in [-0.2, 0) is 0 Å². The number of nitrogens with one attached hydrogen (secondary N) is 2. The van der Waals surface area contributed by atoms with Gasteiger partial charge in [0.2, 0.25) is 0 Å². The van der Waals surface area contributed by atoms with Crippen LogP contribution in [0, 0.1) is 16.6 Å². The van der Waals surface area contributed by atoms with Gasteiger partial charge in [0.25, 0.3) is 5.91 Å². The van der Waals surface area contributed by atoms with E-state index in [4.69, 9.17) is 22.3 Å². The molecule has 2 rings (SSSR count). The Morgan fingerprint density at radius 3 is 2.73 bits per heavy atom. The van der Waals surface area contributed by atoms with Gasteiger partial charge < -0.3 is 21.8 Å². The summed E-state index contributed by atoms with van der Waals surface area (Å²) in [4.78, 5) is 14.3. The van der Waals surface area contributed by atoms with Gasteiger partial charge in [-0.25, -0.2) is 4.39 Å². The van der Waals surface area contributed by atoms with Gasteiger partial charge in [-0.1, -0.05) is 0 Å². The van der Waals surface area contributed by atoms with Gasteiger partial charge >= 0.3 is 0 Å². The molecule has 1 atom stereocenters. The second kappa shape index (κ2) is 6.55. The SMILES string of the molecule is N=C(N)CC(=N)C1CCCCN1C(=O)c1ccc(F)cc1N. The largest absolute Gasteiger partial charge is 0.398 e. The Labute approximate surface area is 128 Å². The summed E-state index contributed by atoms with van der Waals surface area (Å²) in [6.07, 6.45) is 2.47. The van der Waals surface area contributed by atoms with Crippen molar-refractivity contribution in [1.82, 2.24) is 4.90 Å². The van der Waals surface area contributed by atoms with E-state index in [2.05, 4.69) is 0 Å². The monoisotopic (exact) mass is 305 g/mol. The van der Waals surface area contributed by atoms with Crippen LogP contribution in [0.25, 0.3) is 0 Å². The fourth-order valence-corrected chi connectivity index (χ4v) is 2.74. The molecule has 118 valence electrons. The summed E-state index contributed by atoms with van der Waals surface area (Å²) < 4.78 is 13.1. The molecule has 0 spiro atoms. The van der Waals surface area contributed by atoms with E-state index in [9.17, 15) is 9.18 Å². The molecular formula is C15H20FN5O. The minimum Gasteiger partial charge on any atom is -0.398 e. The van der Waals surface area contributed by atoms with Gasteiger partial charge in [-0.15, -0.1) is 0 Å². The third-order valence-corrected chi connectivity index (χ3v) is 3.79. The van der Waals surface area contributed by atoms with Crippen molar-refractivity contribution in [2.75, 3.05) is 12.3 Å². The Morgan fingerprint density at radius 2 is 2.09 bits per heavy atom. The first-order valence-corrected chi connectivity index (χ1v) is 7.16. The van der Waals surface area contributed by atoms with E-state index < -0.39 is 5.82 Å². The van der Waals surface area contributed by atoms with Crippen LogP contribution in [0.15, 0.2) is 18.2 Å². The molecule has 0 aliphatic carbocycles. The Bertz CT molecular complexity index is 616. The number of anilines is 1. The van der Waals surface area contributed by atoms with Crippen LogP contribution < -0.4 is 11.5 Å². The van der Waals surface area contributed by atoms with Crippen LogP contribution in [0.1, 0.15) is 36.0 Å². The Hall–Kier alpha value is -2.44. The summed E-state index contributed by atoms with van der Waals surface area (Å²) in [5.74, 6) is -0.895. The molecule has 1 unspecified atom stereocenters. The van der Waals surface area contributed by atoms with E-state index in [0.29, 0.717) is 13.0 Å². The van der Waals surface area contributed by atoms with Crippen LogP contribution in [-0.4, -0.2) is 34.9 Å². The molecule has 1 aromatic rings. The topological polar surface area (TPSA) is 120 Å². The van der Waals surface area contributed by atoms with Gasteiger partial charge in [0.05, 0.1) is 17.4 Å². The van der Waals surface area contributed by atoms with Crippen molar-refractivity contribution < 1.29 is 9.18 Å². The summed E-state index contributed by atoms with van der Waals surface area (Å²) in [6.45, 7) is 0.514. The van der Waals surface area contributed by atoms with E-state index in [1.165, 1.54) is 12.1 Å². The standard InChI is InChI=1S/C15H20FN5O/c16-9-4-5-10(11(17)7-9)15(22)21-6-2-1-3-13(21)12(18)8-14(19)20/h4-5,7,13,18H,1-3,6,8,17H2,(H3,19,20). The quantitative estimate of drug-likeness (QED) is 0.385. The predicted octanol–water partition coefficient (Wildman–Crippen LogP) is 1.75. The van der Waals surface area contributed by atoms with Crippen LogP contribution in [0.5, 0.6) is 0 Å². The number of benzene rings is 1. The highest BCUT2D eigenvalue weighted by atomic mass is 19.1. The molecule has 6 nitrogen and oxygen atoms in total. The van der Waals surface area contributed by atoms with Gasteiger partial charge in [-0.3, -0.25) is 10.2 Å². The lowest BCUT2D eigenvalue weighted by Crippen LogP contribution is -2.48. The number of nitrogens with zero attached hydrogens (tertiary/aromatic N) is 1. The number of carbonyl (C=O) groups excluding carboxylic acids is 1. The molecule has 7 heteroatoms. The Morgan fingerprint density at radius 1 is 1.36 bits per heavy atom. The number of carbonyl (C=O) groups is 1. The highest BCUT2D eigenvalue weighted by Crippen LogP contribution is 2.24. The number of amides is 1. The molecule has 1 fully saturated rings. The molecule has 1 aromatic carbocycles. The molecule has 1 aliphatic rings. The fourth-order valence-electron chi connectivity index (χ4n) is 2.74. The van der Waals surface area contributed by atoms with Crippen molar-refractivity contribution in [3.8, 4) is 0 Å². The smallest absolute Gasteiger partial charge is 0.256 e. The normalized spacial score (nSPS) is 18.0. The van der Waals surface area contributed by atoms with E-state index in [1.807, 2.05) is 0 Å². The maximum Gasteiger partial charge on any atom is 0.256 e. The van der Waals surface area contributed by atoms with Crippen molar-refractivity contribution in [3.05, 3.63) is 29.6 Å². The number of hydrogen-bond acceptors (Lipinski definition) is 4. The first-order chi connectivity index (χ1) is 10.4. The Kier molecular flexibility index (Phi) is 4.75. The molecular weight excluding hydrogens is 285 g/mol. The third kappa shape index (κ3) is 3.41. The van der Waals surface area contributed by atoms with E-state index in [0.717, 1.165) is 18.9 Å². The summed E-state index contributed by atoms with van der Waals surface area (Å²) in [6, 6.07) is 3.30. The fraction of sp³-hybridized carbons (Fsp3) is 0.400. The van der Waals surface area contributed by atoms with Crippen molar-refractivity contribution in [1.29, 1.82) is 10.8 Å². The summed E-state index contributed by atoms with van der Waals surface area (Å²) >= 11 is 0. The maximum atomic E-state index is 13.1. The summed E-state index contributed by atoms with van der Waals surface area (Å²) in [7, 11) is 0. The van der Waals surface area contributed by atoms with Crippen LogP contribution in [0.4, 0.5) is 10.1 Å². The highest BCUT2D eigenvalue weighted by Gasteiger charge is 2.31. The highest BCUT2D eigenvalue weighted by molar-refractivity contribution is 6.06. The average molecular weight is 305 g/mol. The number of rotatable bonds is 4. The molecule has 0 bridgehead atoms. The molecule has 22 heavy (non-hydrogen) atoms. The molecule has 0 saturated carbocycles. The predicted molar refractivity (Wildman–Crippen MR) is 83.7 cm³/mol. The van der Waals surface area contributed by atoms with Crippen molar-refractivity contribution in [2.45, 2.75) is 31.7 Å². The number of piperidine rings is 1. The van der Waals surface area contributed by atoms with Gasteiger partial charge in [0, 0.05) is 24.4 Å².